The minimum atomic E-state index is -3.53. The van der Waals surface area contributed by atoms with Gasteiger partial charge in [0.2, 0.25) is 10.0 Å². The molecule has 8 heteroatoms. The van der Waals surface area contributed by atoms with E-state index in [2.05, 4.69) is 9.88 Å². The molecule has 2 rings (SSSR count). The van der Waals surface area contributed by atoms with Crippen LogP contribution < -0.4 is 10.5 Å². The molecule has 18 heavy (non-hydrogen) atoms. The number of nitrogens with two attached hydrogens (primary N) is 1. The summed E-state index contributed by atoms with van der Waals surface area (Å²) in [6.45, 7) is 3.66. The van der Waals surface area contributed by atoms with Gasteiger partial charge in [-0.05, 0) is 19.9 Å². The van der Waals surface area contributed by atoms with Crippen LogP contribution in [-0.2, 0) is 16.6 Å². The van der Waals surface area contributed by atoms with E-state index in [4.69, 9.17) is 10.3 Å². The fourth-order valence-electron chi connectivity index (χ4n) is 1.46. The van der Waals surface area contributed by atoms with E-state index in [0.29, 0.717) is 17.1 Å². The predicted molar refractivity (Wildman–Crippen MR) is 68.7 cm³/mol. The quantitative estimate of drug-likeness (QED) is 0.886. The lowest BCUT2D eigenvalue weighted by Gasteiger charge is -2.03. The number of anilines is 1. The summed E-state index contributed by atoms with van der Waals surface area (Å²) in [5, 5.41) is 5.35. The van der Waals surface area contributed by atoms with Crippen molar-refractivity contribution in [2.75, 3.05) is 5.73 Å². The molecule has 0 spiro atoms. The Labute approximate surface area is 109 Å². The molecule has 2 aromatic heterocycles. The molecule has 2 heterocycles. The number of nitrogen functional groups attached to an aromatic ring is 1. The second-order valence-corrected chi connectivity index (χ2v) is 6.73. The highest BCUT2D eigenvalue weighted by atomic mass is 32.2. The van der Waals surface area contributed by atoms with Gasteiger partial charge < -0.3 is 10.3 Å². The van der Waals surface area contributed by atoms with Crippen molar-refractivity contribution in [3.8, 4) is 0 Å². The molecule has 0 bridgehead atoms. The number of thiophene rings is 1. The normalized spacial score (nSPS) is 11.9. The summed E-state index contributed by atoms with van der Waals surface area (Å²) in [5.74, 6) is 0.612. The van der Waals surface area contributed by atoms with Gasteiger partial charge in [0.1, 0.15) is 9.97 Å². The third kappa shape index (κ3) is 2.55. The number of sulfonamides is 1. The number of nitrogens with zero attached hydrogens (tertiary/aromatic N) is 1. The molecule has 2 aromatic rings. The van der Waals surface area contributed by atoms with Gasteiger partial charge in [-0.3, -0.25) is 0 Å². The summed E-state index contributed by atoms with van der Waals surface area (Å²) < 4.78 is 31.6. The van der Waals surface area contributed by atoms with Crippen LogP contribution >= 0.6 is 11.3 Å². The molecule has 6 nitrogen and oxygen atoms in total. The largest absolute Gasteiger partial charge is 0.398 e. The molecule has 0 unspecified atom stereocenters. The number of aromatic nitrogens is 1. The number of aryl methyl sites for hydroxylation is 2. The van der Waals surface area contributed by atoms with Crippen molar-refractivity contribution >= 4 is 27.0 Å². The number of hydrogen-bond donors (Lipinski definition) is 2. The molecule has 0 aliphatic carbocycles. The minimum absolute atomic E-state index is 0.154. The van der Waals surface area contributed by atoms with Crippen molar-refractivity contribution in [1.82, 2.24) is 9.88 Å². The van der Waals surface area contributed by atoms with E-state index in [1.54, 1.807) is 19.2 Å². The van der Waals surface area contributed by atoms with Gasteiger partial charge in [-0.2, -0.15) is 0 Å². The lowest BCUT2D eigenvalue weighted by molar-refractivity contribution is 0.392. The first-order valence-corrected chi connectivity index (χ1v) is 7.52. The monoisotopic (exact) mass is 287 g/mol. The Morgan fingerprint density at radius 2 is 2.22 bits per heavy atom. The molecule has 0 atom stereocenters. The lowest BCUT2D eigenvalue weighted by Crippen LogP contribution is -2.22. The molecular formula is C10H13N3O3S2. The highest BCUT2D eigenvalue weighted by molar-refractivity contribution is 7.91. The molecule has 0 aliphatic rings. The van der Waals surface area contributed by atoms with Gasteiger partial charge in [0.25, 0.3) is 0 Å². The molecule has 0 saturated carbocycles. The third-order valence-corrected chi connectivity index (χ3v) is 5.34. The zero-order valence-corrected chi connectivity index (χ0v) is 11.6. The average molecular weight is 287 g/mol. The van der Waals surface area contributed by atoms with Gasteiger partial charge >= 0.3 is 0 Å². The zero-order valence-electron chi connectivity index (χ0n) is 9.93. The van der Waals surface area contributed by atoms with Crippen molar-refractivity contribution in [2.24, 2.45) is 0 Å². The maximum Gasteiger partial charge on any atom is 0.250 e. The van der Waals surface area contributed by atoms with Gasteiger partial charge in [-0.1, -0.05) is 5.16 Å². The van der Waals surface area contributed by atoms with E-state index in [1.807, 2.05) is 0 Å². The Kier molecular flexibility index (Phi) is 3.42. The van der Waals surface area contributed by atoms with Gasteiger partial charge in [0.05, 0.1) is 5.69 Å². The predicted octanol–water partition coefficient (Wildman–Crippen LogP) is 1.41. The topological polar surface area (TPSA) is 98.2 Å². The van der Waals surface area contributed by atoms with Gasteiger partial charge in [-0.25, -0.2) is 13.1 Å². The molecule has 0 saturated heterocycles. The number of rotatable bonds is 4. The maximum atomic E-state index is 12.0. The summed E-state index contributed by atoms with van der Waals surface area (Å²) in [6.07, 6.45) is 0. The van der Waals surface area contributed by atoms with Crippen molar-refractivity contribution in [3.63, 3.8) is 0 Å². The summed E-state index contributed by atoms with van der Waals surface area (Å²) in [7, 11) is -3.53. The second-order valence-electron chi connectivity index (χ2n) is 3.83. The molecule has 98 valence electrons. The Hall–Kier alpha value is -1.38. The van der Waals surface area contributed by atoms with Gasteiger partial charge in [-0.15, -0.1) is 11.3 Å². The maximum absolute atomic E-state index is 12.0. The van der Waals surface area contributed by atoms with Crippen molar-refractivity contribution in [2.45, 2.75) is 24.6 Å². The molecule has 0 aliphatic heterocycles. The van der Waals surface area contributed by atoms with E-state index in [0.717, 1.165) is 16.9 Å². The molecule has 0 amide bonds. The van der Waals surface area contributed by atoms with Crippen LogP contribution in [-0.4, -0.2) is 13.6 Å². The first-order chi connectivity index (χ1) is 8.40. The van der Waals surface area contributed by atoms with Crippen LogP contribution in [0.15, 0.2) is 20.2 Å². The zero-order chi connectivity index (χ0) is 13.3. The summed E-state index contributed by atoms with van der Waals surface area (Å²) >= 11 is 1.09. The van der Waals surface area contributed by atoms with E-state index < -0.39 is 10.0 Å². The molecule has 0 aromatic carbocycles. The van der Waals surface area contributed by atoms with Crippen LogP contribution in [0, 0.1) is 13.8 Å². The summed E-state index contributed by atoms with van der Waals surface area (Å²) in [4.78, 5) is 0. The highest BCUT2D eigenvalue weighted by Crippen LogP contribution is 2.22. The summed E-state index contributed by atoms with van der Waals surface area (Å²) in [5.41, 5.74) is 7.38. The van der Waals surface area contributed by atoms with E-state index in [-0.39, 0.29) is 10.8 Å². The Bertz CT molecular complexity index is 638. The molecule has 0 fully saturated rings. The van der Waals surface area contributed by atoms with Gasteiger partial charge in [0.15, 0.2) is 0 Å². The Morgan fingerprint density at radius 3 is 2.72 bits per heavy atom. The van der Waals surface area contributed by atoms with Crippen LogP contribution in [0.1, 0.15) is 17.0 Å². The van der Waals surface area contributed by atoms with Crippen LogP contribution in [0.4, 0.5) is 5.69 Å². The van der Waals surface area contributed by atoms with Crippen molar-refractivity contribution in [1.29, 1.82) is 0 Å². The van der Waals surface area contributed by atoms with Crippen molar-refractivity contribution < 1.29 is 12.9 Å². The SMILES string of the molecule is Cc1noc(C)c1CNS(=O)(=O)c1cc(N)cs1. The standard InChI is InChI=1S/C10H13N3O3S2/c1-6-9(7(2)16-13-6)4-12-18(14,15)10-3-8(11)5-17-10/h3,5,12H,4,11H2,1-2H3. The second kappa shape index (κ2) is 4.71. The lowest BCUT2D eigenvalue weighted by atomic mass is 10.2. The number of nitrogens with one attached hydrogen (secondary N) is 1. The fraction of sp³-hybridized carbons (Fsp3) is 0.300. The fourth-order valence-corrected chi connectivity index (χ4v) is 3.58. The third-order valence-electron chi connectivity index (χ3n) is 2.48. The van der Waals surface area contributed by atoms with Crippen LogP contribution in [0.2, 0.25) is 0 Å². The molecule has 3 N–H and O–H groups in total. The molecular weight excluding hydrogens is 274 g/mol. The number of hydrogen-bond acceptors (Lipinski definition) is 6. The minimum Gasteiger partial charge on any atom is -0.398 e. The highest BCUT2D eigenvalue weighted by Gasteiger charge is 2.18. The van der Waals surface area contributed by atoms with Crippen molar-refractivity contribution in [3.05, 3.63) is 28.5 Å². The smallest absolute Gasteiger partial charge is 0.250 e. The summed E-state index contributed by atoms with van der Waals surface area (Å²) in [6, 6.07) is 1.43. The Balaban J connectivity index is 2.15. The van der Waals surface area contributed by atoms with E-state index in [9.17, 15) is 8.42 Å². The van der Waals surface area contributed by atoms with Crippen LogP contribution in [0.25, 0.3) is 0 Å². The van der Waals surface area contributed by atoms with Crippen LogP contribution in [0.5, 0.6) is 0 Å². The average Bonchev–Trinajstić information content (AvgIpc) is 2.85. The molecule has 0 radical (unpaired) electrons. The van der Waals surface area contributed by atoms with Gasteiger partial charge in [0, 0.05) is 23.2 Å². The first kappa shape index (κ1) is 13.1. The van der Waals surface area contributed by atoms with E-state index in [1.165, 1.54) is 6.07 Å². The van der Waals surface area contributed by atoms with E-state index >= 15 is 0 Å². The Morgan fingerprint density at radius 1 is 1.50 bits per heavy atom. The first-order valence-electron chi connectivity index (χ1n) is 5.15. The van der Waals surface area contributed by atoms with Crippen LogP contribution in [0.3, 0.4) is 0 Å².